The Kier molecular flexibility index (Phi) is 3.89. The number of ether oxygens (including phenoxy) is 2. The fourth-order valence-corrected chi connectivity index (χ4v) is 1.89. The summed E-state index contributed by atoms with van der Waals surface area (Å²) in [5.41, 5.74) is 0. The summed E-state index contributed by atoms with van der Waals surface area (Å²) in [6, 6.07) is 0.0753. The van der Waals surface area contributed by atoms with Gasteiger partial charge in [0.1, 0.15) is 0 Å². The molecule has 0 amide bonds. The van der Waals surface area contributed by atoms with Gasteiger partial charge in [-0.1, -0.05) is 5.10 Å². The number of aromatic nitrogens is 3. The van der Waals surface area contributed by atoms with Crippen molar-refractivity contribution in [1.29, 1.82) is 0 Å². The molecule has 9 heteroatoms. The molecule has 0 fully saturated rings. The smallest absolute Gasteiger partial charge is 0.317 e. The van der Waals surface area contributed by atoms with Crippen molar-refractivity contribution < 1.29 is 17.9 Å². The molecule has 0 bridgehead atoms. The van der Waals surface area contributed by atoms with E-state index in [1.54, 1.807) is 0 Å². The molecule has 1 heterocycles. The first kappa shape index (κ1) is 12.2. The van der Waals surface area contributed by atoms with Crippen LogP contribution < -0.4 is 4.74 Å². The Hall–Kier alpha value is -0.860. The Morgan fingerprint density at radius 2 is 2.07 bits per heavy atom. The standard InChI is InChI=1S/C6H10ClN3O4S/c1-13-4-3-10-5(14-2)8-9-6(10)15(7,11)12/h3-4H2,1-2H3. The van der Waals surface area contributed by atoms with E-state index in [2.05, 4.69) is 10.2 Å². The minimum absolute atomic E-state index is 0.0753. The number of halogens is 1. The van der Waals surface area contributed by atoms with E-state index in [0.29, 0.717) is 6.61 Å². The van der Waals surface area contributed by atoms with Crippen LogP contribution in [0.3, 0.4) is 0 Å². The summed E-state index contributed by atoms with van der Waals surface area (Å²) >= 11 is 0. The Bertz CT molecular complexity index is 430. The summed E-state index contributed by atoms with van der Waals surface area (Å²) in [5.74, 6) is 0. The molecular weight excluding hydrogens is 246 g/mol. The second-order valence-electron chi connectivity index (χ2n) is 2.55. The van der Waals surface area contributed by atoms with Crippen molar-refractivity contribution in [3.63, 3.8) is 0 Å². The summed E-state index contributed by atoms with van der Waals surface area (Å²) in [4.78, 5) is 0. The van der Waals surface area contributed by atoms with E-state index in [-0.39, 0.29) is 17.7 Å². The summed E-state index contributed by atoms with van der Waals surface area (Å²) < 4.78 is 33.1. The van der Waals surface area contributed by atoms with Crippen LogP contribution in [0.1, 0.15) is 0 Å². The lowest BCUT2D eigenvalue weighted by Gasteiger charge is -2.05. The lowest BCUT2D eigenvalue weighted by atomic mass is 10.7. The molecule has 0 aromatic carbocycles. The van der Waals surface area contributed by atoms with E-state index in [1.807, 2.05) is 0 Å². The van der Waals surface area contributed by atoms with Gasteiger partial charge in [0.2, 0.25) is 0 Å². The van der Waals surface area contributed by atoms with Crippen LogP contribution in [0.2, 0.25) is 0 Å². The lowest BCUT2D eigenvalue weighted by molar-refractivity contribution is 0.180. The molecule has 0 atom stereocenters. The quantitative estimate of drug-likeness (QED) is 0.681. The molecule has 1 aromatic heterocycles. The van der Waals surface area contributed by atoms with Crippen molar-refractivity contribution in [3.8, 4) is 6.01 Å². The van der Waals surface area contributed by atoms with Gasteiger partial charge in [-0.15, -0.1) is 5.10 Å². The minimum atomic E-state index is -3.93. The van der Waals surface area contributed by atoms with E-state index in [4.69, 9.17) is 20.2 Å². The Morgan fingerprint density at radius 1 is 1.40 bits per heavy atom. The first-order valence-electron chi connectivity index (χ1n) is 3.91. The molecule has 0 unspecified atom stereocenters. The topological polar surface area (TPSA) is 83.3 Å². The van der Waals surface area contributed by atoms with Gasteiger partial charge in [0.05, 0.1) is 20.3 Å². The van der Waals surface area contributed by atoms with Crippen LogP contribution in [0.4, 0.5) is 0 Å². The molecule has 7 nitrogen and oxygen atoms in total. The second kappa shape index (κ2) is 4.77. The molecule has 1 aromatic rings. The fraction of sp³-hybridized carbons (Fsp3) is 0.667. The minimum Gasteiger partial charge on any atom is -0.467 e. The molecule has 0 spiro atoms. The predicted octanol–water partition coefficient (Wildman–Crippen LogP) is -0.139. The lowest BCUT2D eigenvalue weighted by Crippen LogP contribution is -2.11. The first-order valence-corrected chi connectivity index (χ1v) is 6.22. The summed E-state index contributed by atoms with van der Waals surface area (Å²) in [6.45, 7) is 0.543. The van der Waals surface area contributed by atoms with Crippen LogP contribution in [0.15, 0.2) is 5.16 Å². The monoisotopic (exact) mass is 255 g/mol. The highest BCUT2D eigenvalue weighted by molar-refractivity contribution is 8.13. The van der Waals surface area contributed by atoms with Crippen molar-refractivity contribution >= 4 is 19.7 Å². The zero-order valence-electron chi connectivity index (χ0n) is 8.18. The third kappa shape index (κ3) is 2.80. The number of hydrogen-bond acceptors (Lipinski definition) is 6. The van der Waals surface area contributed by atoms with Crippen LogP contribution in [-0.2, 0) is 20.3 Å². The van der Waals surface area contributed by atoms with Crippen LogP contribution in [-0.4, -0.2) is 44.0 Å². The molecule has 0 saturated carbocycles. The van der Waals surface area contributed by atoms with Crippen LogP contribution in [0.25, 0.3) is 0 Å². The van der Waals surface area contributed by atoms with E-state index in [1.165, 1.54) is 18.8 Å². The van der Waals surface area contributed by atoms with Crippen LogP contribution in [0, 0.1) is 0 Å². The Balaban J connectivity index is 3.12. The van der Waals surface area contributed by atoms with E-state index >= 15 is 0 Å². The zero-order valence-corrected chi connectivity index (χ0v) is 9.75. The SMILES string of the molecule is COCCn1c(OC)nnc1S(=O)(=O)Cl. The van der Waals surface area contributed by atoms with E-state index in [0.717, 1.165) is 0 Å². The maximum absolute atomic E-state index is 11.1. The van der Waals surface area contributed by atoms with Crippen molar-refractivity contribution in [2.45, 2.75) is 11.7 Å². The second-order valence-corrected chi connectivity index (χ2v) is 5.01. The van der Waals surface area contributed by atoms with E-state index < -0.39 is 9.05 Å². The predicted molar refractivity (Wildman–Crippen MR) is 51.5 cm³/mol. The number of methoxy groups -OCH3 is 2. The van der Waals surface area contributed by atoms with Gasteiger partial charge in [-0.2, -0.15) is 0 Å². The van der Waals surface area contributed by atoms with Gasteiger partial charge < -0.3 is 9.47 Å². The van der Waals surface area contributed by atoms with Gasteiger partial charge in [-0.25, -0.2) is 8.42 Å². The highest BCUT2D eigenvalue weighted by Crippen LogP contribution is 2.17. The maximum atomic E-state index is 11.1. The number of nitrogens with zero attached hydrogens (tertiary/aromatic N) is 3. The van der Waals surface area contributed by atoms with Crippen molar-refractivity contribution in [2.24, 2.45) is 0 Å². The van der Waals surface area contributed by atoms with E-state index in [9.17, 15) is 8.42 Å². The molecule has 15 heavy (non-hydrogen) atoms. The molecule has 0 aliphatic heterocycles. The Morgan fingerprint density at radius 3 is 2.53 bits per heavy atom. The van der Waals surface area contributed by atoms with Gasteiger partial charge >= 0.3 is 6.01 Å². The molecule has 0 N–H and O–H groups in total. The summed E-state index contributed by atoms with van der Waals surface area (Å²) in [6.07, 6.45) is 0. The molecule has 0 aliphatic carbocycles. The fourth-order valence-electron chi connectivity index (χ4n) is 0.981. The summed E-state index contributed by atoms with van der Waals surface area (Å²) in [5, 5.41) is 6.60. The first-order chi connectivity index (χ1) is 7.00. The van der Waals surface area contributed by atoms with Crippen LogP contribution >= 0.6 is 10.7 Å². The highest BCUT2D eigenvalue weighted by atomic mass is 35.7. The third-order valence-corrected chi connectivity index (χ3v) is 2.75. The van der Waals surface area contributed by atoms with Gasteiger partial charge in [0.15, 0.2) is 0 Å². The zero-order chi connectivity index (χ0) is 11.5. The van der Waals surface area contributed by atoms with Gasteiger partial charge in [-0.05, 0) is 0 Å². The highest BCUT2D eigenvalue weighted by Gasteiger charge is 2.22. The van der Waals surface area contributed by atoms with Gasteiger partial charge in [-0.3, -0.25) is 4.57 Å². The Labute approximate surface area is 91.4 Å². The maximum Gasteiger partial charge on any atom is 0.317 e. The molecule has 0 radical (unpaired) electrons. The average molecular weight is 256 g/mol. The molecule has 1 rings (SSSR count). The number of hydrogen-bond donors (Lipinski definition) is 0. The van der Waals surface area contributed by atoms with Gasteiger partial charge in [0, 0.05) is 17.8 Å². The molecule has 86 valence electrons. The average Bonchev–Trinajstić information content (AvgIpc) is 2.56. The normalized spacial score (nSPS) is 11.7. The molecule has 0 aliphatic rings. The van der Waals surface area contributed by atoms with Crippen molar-refractivity contribution in [3.05, 3.63) is 0 Å². The number of rotatable bonds is 5. The van der Waals surface area contributed by atoms with Crippen molar-refractivity contribution in [1.82, 2.24) is 14.8 Å². The molecule has 0 saturated heterocycles. The van der Waals surface area contributed by atoms with Gasteiger partial charge in [0.25, 0.3) is 14.2 Å². The summed E-state index contributed by atoms with van der Waals surface area (Å²) in [7, 11) is 4.09. The van der Waals surface area contributed by atoms with Crippen LogP contribution in [0.5, 0.6) is 6.01 Å². The van der Waals surface area contributed by atoms with Crippen molar-refractivity contribution in [2.75, 3.05) is 20.8 Å². The molecular formula is C6H10ClN3O4S. The largest absolute Gasteiger partial charge is 0.467 e. The third-order valence-electron chi connectivity index (χ3n) is 1.60.